The van der Waals surface area contributed by atoms with Gasteiger partial charge in [0.25, 0.3) is 0 Å². The van der Waals surface area contributed by atoms with Crippen LogP contribution in [0.4, 0.5) is 11.4 Å². The zero-order chi connectivity index (χ0) is 27.2. The summed E-state index contributed by atoms with van der Waals surface area (Å²) in [5.74, 6) is 0. The molecule has 0 atom stereocenters. The molecule has 1 radical (unpaired) electrons. The number of hydrogen-bond acceptors (Lipinski definition) is 6. The number of nitrogens with one attached hydrogen (secondary N) is 1. The van der Waals surface area contributed by atoms with Gasteiger partial charge in [0.2, 0.25) is 0 Å². The SMILES string of the molecule is CC(C)(O)C(C)(C)O[B]c1cccc2c1Nc1ccc(-c3nc4ccccc4nc3-c3ccccc3)cc1S2. The lowest BCUT2D eigenvalue weighted by Crippen LogP contribution is -2.49. The highest BCUT2D eigenvalue weighted by Crippen LogP contribution is 2.45. The second kappa shape index (κ2) is 9.83. The second-order valence-corrected chi connectivity index (χ2v) is 11.8. The van der Waals surface area contributed by atoms with Crippen LogP contribution in [0.3, 0.4) is 0 Å². The van der Waals surface area contributed by atoms with Gasteiger partial charge >= 0.3 is 7.48 Å². The van der Waals surface area contributed by atoms with E-state index in [-0.39, 0.29) is 0 Å². The molecule has 0 saturated carbocycles. The van der Waals surface area contributed by atoms with Crippen molar-refractivity contribution in [1.82, 2.24) is 9.97 Å². The van der Waals surface area contributed by atoms with Gasteiger partial charge in [-0.2, -0.15) is 0 Å². The molecule has 0 spiro atoms. The predicted octanol–water partition coefficient (Wildman–Crippen LogP) is 6.98. The maximum atomic E-state index is 10.5. The molecule has 7 heteroatoms. The first-order valence-electron chi connectivity index (χ1n) is 13.0. The van der Waals surface area contributed by atoms with Crippen LogP contribution in [0.1, 0.15) is 27.7 Å². The summed E-state index contributed by atoms with van der Waals surface area (Å²) >= 11 is 1.71. The minimum Gasteiger partial charge on any atom is -0.427 e. The van der Waals surface area contributed by atoms with Crippen LogP contribution in [-0.2, 0) is 4.65 Å². The maximum Gasteiger partial charge on any atom is 0.333 e. The molecular formula is C32H29BN3O2S. The van der Waals surface area contributed by atoms with Crippen molar-refractivity contribution in [3.8, 4) is 22.5 Å². The summed E-state index contributed by atoms with van der Waals surface area (Å²) in [5.41, 5.74) is 6.73. The molecule has 0 amide bonds. The van der Waals surface area contributed by atoms with Crippen LogP contribution in [0, 0.1) is 0 Å². The number of benzene rings is 4. The number of anilines is 2. The van der Waals surface area contributed by atoms with Crippen molar-refractivity contribution in [2.75, 3.05) is 5.32 Å². The Bertz CT molecular complexity index is 1680. The van der Waals surface area contributed by atoms with Gasteiger partial charge in [0, 0.05) is 26.6 Å². The van der Waals surface area contributed by atoms with E-state index in [4.69, 9.17) is 14.6 Å². The molecule has 0 fully saturated rings. The Morgan fingerprint density at radius 2 is 1.41 bits per heavy atom. The Morgan fingerprint density at radius 1 is 0.744 bits per heavy atom. The number of para-hydroxylation sites is 3. The van der Waals surface area contributed by atoms with E-state index >= 15 is 0 Å². The normalized spacial score (nSPS) is 12.9. The van der Waals surface area contributed by atoms with Gasteiger partial charge < -0.3 is 15.1 Å². The van der Waals surface area contributed by atoms with E-state index in [1.54, 1.807) is 33.1 Å². The zero-order valence-electron chi connectivity index (χ0n) is 22.4. The largest absolute Gasteiger partial charge is 0.427 e. The van der Waals surface area contributed by atoms with E-state index in [0.717, 1.165) is 60.2 Å². The average Bonchev–Trinajstić information content (AvgIpc) is 2.94. The molecule has 39 heavy (non-hydrogen) atoms. The van der Waals surface area contributed by atoms with Gasteiger partial charge in [0.15, 0.2) is 0 Å². The highest BCUT2D eigenvalue weighted by Gasteiger charge is 2.36. The Balaban J connectivity index is 1.36. The standard InChI is InChI=1S/C32H29BN3O2S/c1-31(2,37)32(3,4)38-33-22-13-10-16-26-30(22)36-25-18-17-21(19-27(25)39-26)29-28(20-11-6-5-7-12-20)34-23-14-8-9-15-24(23)35-29/h5-19,36-37H,1-4H3. The summed E-state index contributed by atoms with van der Waals surface area (Å²) in [7, 11) is 1.74. The van der Waals surface area contributed by atoms with Crippen LogP contribution in [0.25, 0.3) is 33.5 Å². The van der Waals surface area contributed by atoms with Gasteiger partial charge in [0.1, 0.15) is 0 Å². The first-order chi connectivity index (χ1) is 18.7. The van der Waals surface area contributed by atoms with Crippen molar-refractivity contribution in [2.24, 2.45) is 0 Å². The molecule has 6 rings (SSSR count). The molecule has 0 unspecified atom stereocenters. The number of fused-ring (bicyclic) bond motifs is 3. The smallest absolute Gasteiger partial charge is 0.333 e. The summed E-state index contributed by atoms with van der Waals surface area (Å²) in [5, 5.41) is 14.1. The van der Waals surface area contributed by atoms with Crippen molar-refractivity contribution in [3.05, 3.63) is 91.0 Å². The Hall–Kier alpha value is -3.65. The van der Waals surface area contributed by atoms with Gasteiger partial charge in [-0.1, -0.05) is 72.4 Å². The summed E-state index contributed by atoms with van der Waals surface area (Å²) in [6, 6.07) is 30.7. The lowest BCUT2D eigenvalue weighted by molar-refractivity contribution is -0.0893. The maximum absolute atomic E-state index is 10.5. The van der Waals surface area contributed by atoms with E-state index in [0.29, 0.717) is 0 Å². The molecule has 1 aromatic heterocycles. The van der Waals surface area contributed by atoms with Gasteiger partial charge in [-0.3, -0.25) is 0 Å². The first-order valence-corrected chi connectivity index (χ1v) is 13.8. The molecule has 5 aromatic rings. The van der Waals surface area contributed by atoms with Crippen LogP contribution in [-0.4, -0.2) is 33.8 Å². The second-order valence-electron chi connectivity index (χ2n) is 10.7. The lowest BCUT2D eigenvalue weighted by atomic mass is 9.81. The number of hydrogen-bond donors (Lipinski definition) is 2. The molecule has 4 aromatic carbocycles. The van der Waals surface area contributed by atoms with Crippen molar-refractivity contribution >= 4 is 47.1 Å². The fraction of sp³-hybridized carbons (Fsp3) is 0.188. The van der Waals surface area contributed by atoms with Crippen LogP contribution >= 0.6 is 11.8 Å². The van der Waals surface area contributed by atoms with Crippen LogP contribution in [0.15, 0.2) is 101 Å². The molecule has 5 nitrogen and oxygen atoms in total. The number of aromatic nitrogens is 2. The molecular weight excluding hydrogens is 501 g/mol. The predicted molar refractivity (Wildman–Crippen MR) is 161 cm³/mol. The Kier molecular flexibility index (Phi) is 6.46. The highest BCUT2D eigenvalue weighted by atomic mass is 32.2. The molecule has 0 bridgehead atoms. The van der Waals surface area contributed by atoms with E-state index in [1.807, 2.05) is 68.4 Å². The van der Waals surface area contributed by atoms with E-state index in [9.17, 15) is 5.11 Å². The van der Waals surface area contributed by atoms with Gasteiger partial charge in [-0.15, -0.1) is 0 Å². The quantitative estimate of drug-likeness (QED) is 0.227. The van der Waals surface area contributed by atoms with Crippen molar-refractivity contribution in [1.29, 1.82) is 0 Å². The van der Waals surface area contributed by atoms with E-state index in [2.05, 4.69) is 41.7 Å². The lowest BCUT2D eigenvalue weighted by Gasteiger charge is -2.37. The van der Waals surface area contributed by atoms with Gasteiger partial charge in [-0.05, 0) is 63.5 Å². The average molecular weight is 530 g/mol. The Morgan fingerprint density at radius 3 is 2.10 bits per heavy atom. The van der Waals surface area contributed by atoms with Gasteiger partial charge in [0.05, 0.1) is 39.3 Å². The number of rotatable bonds is 6. The number of nitrogens with zero attached hydrogens (tertiary/aromatic N) is 2. The van der Waals surface area contributed by atoms with E-state index in [1.165, 1.54) is 0 Å². The fourth-order valence-electron chi connectivity index (χ4n) is 4.33. The summed E-state index contributed by atoms with van der Waals surface area (Å²) in [4.78, 5) is 12.3. The monoisotopic (exact) mass is 530 g/mol. The summed E-state index contributed by atoms with van der Waals surface area (Å²) in [6.45, 7) is 7.29. The topological polar surface area (TPSA) is 67.3 Å². The minimum absolute atomic E-state index is 0.748. The zero-order valence-corrected chi connectivity index (χ0v) is 23.2. The Labute approximate surface area is 234 Å². The highest BCUT2D eigenvalue weighted by molar-refractivity contribution is 7.99. The third-order valence-corrected chi connectivity index (χ3v) is 8.48. The molecule has 1 aliphatic rings. The third kappa shape index (κ3) is 4.94. The third-order valence-electron chi connectivity index (χ3n) is 7.36. The summed E-state index contributed by atoms with van der Waals surface area (Å²) < 4.78 is 6.06. The summed E-state index contributed by atoms with van der Waals surface area (Å²) in [6.07, 6.45) is 0. The number of aliphatic hydroxyl groups is 1. The van der Waals surface area contributed by atoms with Crippen LogP contribution < -0.4 is 10.8 Å². The molecule has 0 saturated heterocycles. The molecule has 2 heterocycles. The van der Waals surface area contributed by atoms with Crippen molar-refractivity contribution in [2.45, 2.75) is 48.7 Å². The van der Waals surface area contributed by atoms with Gasteiger partial charge in [-0.25, -0.2) is 9.97 Å². The van der Waals surface area contributed by atoms with Crippen LogP contribution in [0.5, 0.6) is 0 Å². The van der Waals surface area contributed by atoms with Crippen molar-refractivity contribution in [3.63, 3.8) is 0 Å². The molecule has 2 N–H and O–H groups in total. The van der Waals surface area contributed by atoms with E-state index < -0.39 is 11.2 Å². The molecule has 1 aliphatic heterocycles. The molecule has 193 valence electrons. The van der Waals surface area contributed by atoms with Crippen LogP contribution in [0.2, 0.25) is 0 Å². The molecule has 0 aliphatic carbocycles. The fourth-order valence-corrected chi connectivity index (χ4v) is 5.40. The van der Waals surface area contributed by atoms with Crippen molar-refractivity contribution < 1.29 is 9.76 Å². The minimum atomic E-state index is -0.992. The first kappa shape index (κ1) is 25.6.